The van der Waals surface area contributed by atoms with Gasteiger partial charge in [0.25, 0.3) is 5.91 Å². The SMILES string of the molecule is Cc1ccc(S(=O)(=O)NC(c2ccccc2)c2ccccc2)cc1C(=O)N1CCCC1. The summed E-state index contributed by atoms with van der Waals surface area (Å²) in [6.45, 7) is 3.28. The summed E-state index contributed by atoms with van der Waals surface area (Å²) in [5.41, 5.74) is 2.91. The molecule has 1 N–H and O–H groups in total. The summed E-state index contributed by atoms with van der Waals surface area (Å²) in [7, 11) is -3.87. The first-order valence-electron chi connectivity index (χ1n) is 10.5. The minimum absolute atomic E-state index is 0.0949. The molecule has 1 fully saturated rings. The van der Waals surface area contributed by atoms with Crippen LogP contribution in [-0.2, 0) is 10.0 Å². The number of nitrogens with one attached hydrogen (secondary N) is 1. The highest BCUT2D eigenvalue weighted by Crippen LogP contribution is 2.26. The quantitative estimate of drug-likeness (QED) is 0.629. The van der Waals surface area contributed by atoms with Crippen LogP contribution in [0, 0.1) is 6.92 Å². The normalized spacial score (nSPS) is 14.2. The second-order valence-corrected chi connectivity index (χ2v) is 9.57. The molecule has 1 aliphatic rings. The fraction of sp³-hybridized carbons (Fsp3) is 0.240. The summed E-state index contributed by atoms with van der Waals surface area (Å²) in [5.74, 6) is -0.102. The van der Waals surface area contributed by atoms with Crippen molar-refractivity contribution in [1.82, 2.24) is 9.62 Å². The average Bonchev–Trinajstić information content (AvgIpc) is 3.33. The molecule has 1 heterocycles. The number of rotatable bonds is 6. The Labute approximate surface area is 183 Å². The molecule has 0 aliphatic carbocycles. The van der Waals surface area contributed by atoms with Crippen LogP contribution in [0.2, 0.25) is 0 Å². The monoisotopic (exact) mass is 434 g/mol. The van der Waals surface area contributed by atoms with Gasteiger partial charge in [0.15, 0.2) is 0 Å². The van der Waals surface area contributed by atoms with E-state index in [9.17, 15) is 13.2 Å². The van der Waals surface area contributed by atoms with Gasteiger partial charge in [0, 0.05) is 18.7 Å². The Kier molecular flexibility index (Phi) is 6.20. The van der Waals surface area contributed by atoms with Crippen molar-refractivity contribution in [2.24, 2.45) is 0 Å². The van der Waals surface area contributed by atoms with Crippen molar-refractivity contribution in [2.45, 2.75) is 30.7 Å². The first kappa shape index (κ1) is 21.3. The molecular weight excluding hydrogens is 408 g/mol. The number of amides is 1. The van der Waals surface area contributed by atoms with Crippen molar-refractivity contribution < 1.29 is 13.2 Å². The van der Waals surface area contributed by atoms with Crippen molar-refractivity contribution >= 4 is 15.9 Å². The van der Waals surface area contributed by atoms with Gasteiger partial charge >= 0.3 is 0 Å². The van der Waals surface area contributed by atoms with Gasteiger partial charge in [-0.05, 0) is 48.6 Å². The first-order valence-corrected chi connectivity index (χ1v) is 12.0. The Bertz CT molecular complexity index is 1120. The second-order valence-electron chi connectivity index (χ2n) is 7.85. The smallest absolute Gasteiger partial charge is 0.254 e. The molecule has 31 heavy (non-hydrogen) atoms. The summed E-state index contributed by atoms with van der Waals surface area (Å²) >= 11 is 0. The van der Waals surface area contributed by atoms with Crippen LogP contribution in [-0.4, -0.2) is 32.3 Å². The second kappa shape index (κ2) is 9.04. The predicted molar refractivity (Wildman–Crippen MR) is 121 cm³/mol. The van der Waals surface area contributed by atoms with Crippen molar-refractivity contribution in [3.05, 3.63) is 101 Å². The number of benzene rings is 3. The molecule has 4 rings (SSSR count). The van der Waals surface area contributed by atoms with Gasteiger partial charge in [-0.3, -0.25) is 4.79 Å². The van der Waals surface area contributed by atoms with Crippen LogP contribution in [0.5, 0.6) is 0 Å². The largest absolute Gasteiger partial charge is 0.339 e. The number of carbonyl (C=O) groups excluding carboxylic acids is 1. The third-order valence-corrected chi connectivity index (χ3v) is 7.10. The maximum atomic E-state index is 13.4. The van der Waals surface area contributed by atoms with Gasteiger partial charge in [0.2, 0.25) is 10.0 Å². The zero-order valence-corrected chi connectivity index (χ0v) is 18.3. The zero-order valence-electron chi connectivity index (χ0n) is 17.5. The number of carbonyl (C=O) groups is 1. The zero-order chi connectivity index (χ0) is 21.8. The molecule has 6 heteroatoms. The molecule has 160 valence electrons. The number of likely N-dealkylation sites (tertiary alicyclic amines) is 1. The van der Waals surface area contributed by atoms with Crippen molar-refractivity contribution in [1.29, 1.82) is 0 Å². The predicted octanol–water partition coefficient (Wildman–Crippen LogP) is 4.30. The van der Waals surface area contributed by atoms with Crippen molar-refractivity contribution in [2.75, 3.05) is 13.1 Å². The Balaban J connectivity index is 1.68. The third kappa shape index (κ3) is 4.70. The van der Waals surface area contributed by atoms with Crippen LogP contribution in [0.1, 0.15) is 45.9 Å². The summed E-state index contributed by atoms with van der Waals surface area (Å²) < 4.78 is 29.6. The third-order valence-electron chi connectivity index (χ3n) is 5.68. The fourth-order valence-corrected chi connectivity index (χ4v) is 5.17. The van der Waals surface area contributed by atoms with E-state index >= 15 is 0 Å². The lowest BCUT2D eigenvalue weighted by molar-refractivity contribution is 0.0792. The molecule has 0 saturated carbocycles. The fourth-order valence-electron chi connectivity index (χ4n) is 3.93. The molecule has 0 unspecified atom stereocenters. The lowest BCUT2D eigenvalue weighted by Crippen LogP contribution is -2.31. The van der Waals surface area contributed by atoms with Crippen molar-refractivity contribution in [3.8, 4) is 0 Å². The van der Waals surface area contributed by atoms with Crippen LogP contribution in [0.15, 0.2) is 83.8 Å². The van der Waals surface area contributed by atoms with E-state index in [1.54, 1.807) is 17.0 Å². The van der Waals surface area contributed by atoms with E-state index in [2.05, 4.69) is 4.72 Å². The number of sulfonamides is 1. The Hall–Kier alpha value is -2.96. The van der Waals surface area contributed by atoms with E-state index < -0.39 is 16.1 Å². The van der Waals surface area contributed by atoms with E-state index in [4.69, 9.17) is 0 Å². The molecule has 5 nitrogen and oxygen atoms in total. The van der Waals surface area contributed by atoms with Gasteiger partial charge in [-0.1, -0.05) is 66.7 Å². The Morgan fingerprint density at radius 2 is 1.42 bits per heavy atom. The van der Waals surface area contributed by atoms with E-state index in [0.717, 1.165) is 42.6 Å². The van der Waals surface area contributed by atoms with Gasteiger partial charge < -0.3 is 4.90 Å². The number of nitrogens with zero attached hydrogens (tertiary/aromatic N) is 1. The van der Waals surface area contributed by atoms with Crippen molar-refractivity contribution in [3.63, 3.8) is 0 Å². The number of hydrogen-bond donors (Lipinski definition) is 1. The highest BCUT2D eigenvalue weighted by Gasteiger charge is 2.26. The number of aryl methyl sites for hydroxylation is 1. The van der Waals surface area contributed by atoms with E-state index in [-0.39, 0.29) is 10.8 Å². The van der Waals surface area contributed by atoms with Crippen LogP contribution in [0.4, 0.5) is 0 Å². The summed E-state index contributed by atoms with van der Waals surface area (Å²) in [6, 6.07) is 23.2. The molecule has 0 spiro atoms. The number of hydrogen-bond acceptors (Lipinski definition) is 3. The van der Waals surface area contributed by atoms with Gasteiger partial charge in [-0.15, -0.1) is 0 Å². The molecule has 3 aromatic carbocycles. The van der Waals surface area contributed by atoms with E-state index in [1.807, 2.05) is 67.6 Å². The molecule has 1 aliphatic heterocycles. The van der Waals surface area contributed by atoms with Gasteiger partial charge in [-0.2, -0.15) is 4.72 Å². The molecule has 0 atom stereocenters. The molecule has 0 aromatic heterocycles. The standard InChI is InChI=1S/C25H26N2O3S/c1-19-14-15-22(18-23(19)25(28)27-16-8-9-17-27)31(29,30)26-24(20-10-4-2-5-11-20)21-12-6-3-7-13-21/h2-7,10-15,18,24,26H,8-9,16-17H2,1H3. The van der Waals surface area contributed by atoms with Crippen LogP contribution in [0.25, 0.3) is 0 Å². The van der Waals surface area contributed by atoms with Gasteiger partial charge in [0.1, 0.15) is 0 Å². The topological polar surface area (TPSA) is 66.5 Å². The molecule has 3 aromatic rings. The molecule has 0 bridgehead atoms. The molecule has 1 amide bonds. The summed E-state index contributed by atoms with van der Waals surface area (Å²) in [4.78, 5) is 14.8. The minimum atomic E-state index is -3.87. The highest BCUT2D eigenvalue weighted by molar-refractivity contribution is 7.89. The van der Waals surface area contributed by atoms with E-state index in [1.165, 1.54) is 6.07 Å². The van der Waals surface area contributed by atoms with E-state index in [0.29, 0.717) is 5.56 Å². The lowest BCUT2D eigenvalue weighted by atomic mass is 10.00. The average molecular weight is 435 g/mol. The van der Waals surface area contributed by atoms with Gasteiger partial charge in [-0.25, -0.2) is 8.42 Å². The van der Waals surface area contributed by atoms with Crippen LogP contribution < -0.4 is 4.72 Å². The minimum Gasteiger partial charge on any atom is -0.339 e. The lowest BCUT2D eigenvalue weighted by Gasteiger charge is -2.21. The molecule has 1 saturated heterocycles. The Morgan fingerprint density at radius 1 is 0.871 bits per heavy atom. The summed E-state index contributed by atoms with van der Waals surface area (Å²) in [5, 5.41) is 0. The molecule has 0 radical (unpaired) electrons. The van der Waals surface area contributed by atoms with Gasteiger partial charge in [0.05, 0.1) is 10.9 Å². The molecular formula is C25H26N2O3S. The van der Waals surface area contributed by atoms with Crippen LogP contribution >= 0.6 is 0 Å². The van der Waals surface area contributed by atoms with Crippen LogP contribution in [0.3, 0.4) is 0 Å². The maximum absolute atomic E-state index is 13.4. The Morgan fingerprint density at radius 3 is 1.97 bits per heavy atom. The highest BCUT2D eigenvalue weighted by atomic mass is 32.2. The summed E-state index contributed by atoms with van der Waals surface area (Å²) in [6.07, 6.45) is 1.97. The first-order chi connectivity index (χ1) is 15.0. The maximum Gasteiger partial charge on any atom is 0.254 e.